The average molecular weight is 272 g/mol. The third-order valence-corrected chi connectivity index (χ3v) is 4.07. The van der Waals surface area contributed by atoms with Gasteiger partial charge in [0.05, 0.1) is 11.8 Å². The standard InChI is InChI=1S/C16H14ClNO/c1-18-14-8-7-12(9-13(14)10-15(18)19)16(17)11-5-3-2-4-6-11/h2-9,16H,10H2,1H3. The first kappa shape index (κ1) is 12.2. The highest BCUT2D eigenvalue weighted by Gasteiger charge is 2.24. The number of fused-ring (bicyclic) bond motifs is 1. The normalized spacial score (nSPS) is 15.5. The van der Waals surface area contributed by atoms with Crippen molar-refractivity contribution in [3.05, 3.63) is 65.2 Å². The van der Waals surface area contributed by atoms with E-state index in [1.807, 2.05) is 55.6 Å². The zero-order valence-corrected chi connectivity index (χ0v) is 11.4. The molecule has 96 valence electrons. The van der Waals surface area contributed by atoms with Gasteiger partial charge < -0.3 is 4.90 Å². The van der Waals surface area contributed by atoms with Crippen LogP contribution in [0.3, 0.4) is 0 Å². The van der Waals surface area contributed by atoms with Crippen LogP contribution < -0.4 is 4.90 Å². The molecule has 1 atom stereocenters. The number of anilines is 1. The molecule has 3 heteroatoms. The molecule has 3 rings (SSSR count). The zero-order valence-electron chi connectivity index (χ0n) is 10.6. The summed E-state index contributed by atoms with van der Waals surface area (Å²) in [5.74, 6) is 0.137. The Morgan fingerprint density at radius 3 is 2.58 bits per heavy atom. The van der Waals surface area contributed by atoms with Crippen molar-refractivity contribution in [1.82, 2.24) is 0 Å². The predicted octanol–water partition coefficient (Wildman–Crippen LogP) is 3.53. The molecule has 2 nitrogen and oxygen atoms in total. The predicted molar refractivity (Wildman–Crippen MR) is 77.7 cm³/mol. The molecule has 0 radical (unpaired) electrons. The van der Waals surface area contributed by atoms with Crippen LogP contribution in [0.4, 0.5) is 5.69 Å². The average Bonchev–Trinajstić information content (AvgIpc) is 2.74. The summed E-state index contributed by atoms with van der Waals surface area (Å²) in [6.07, 6.45) is 0.470. The van der Waals surface area contributed by atoms with Gasteiger partial charge in [0.15, 0.2) is 0 Å². The number of carbonyl (C=O) groups excluding carboxylic acids is 1. The van der Waals surface area contributed by atoms with Gasteiger partial charge in [-0.2, -0.15) is 0 Å². The van der Waals surface area contributed by atoms with Crippen LogP contribution in [0, 0.1) is 0 Å². The molecule has 1 unspecified atom stereocenters. The Morgan fingerprint density at radius 1 is 1.11 bits per heavy atom. The van der Waals surface area contributed by atoms with E-state index in [0.717, 1.165) is 22.4 Å². The monoisotopic (exact) mass is 271 g/mol. The molecule has 1 amide bonds. The van der Waals surface area contributed by atoms with Crippen molar-refractivity contribution < 1.29 is 4.79 Å². The van der Waals surface area contributed by atoms with Crippen LogP contribution in [0.15, 0.2) is 48.5 Å². The summed E-state index contributed by atoms with van der Waals surface area (Å²) in [6.45, 7) is 0. The molecule has 2 aromatic carbocycles. The maximum absolute atomic E-state index is 11.7. The molecule has 1 aliphatic rings. The summed E-state index contributed by atoms with van der Waals surface area (Å²) in [4.78, 5) is 13.4. The van der Waals surface area contributed by atoms with Crippen molar-refractivity contribution in [2.45, 2.75) is 11.8 Å². The van der Waals surface area contributed by atoms with Crippen molar-refractivity contribution >= 4 is 23.2 Å². The Hall–Kier alpha value is -1.80. The highest BCUT2D eigenvalue weighted by molar-refractivity contribution is 6.22. The van der Waals surface area contributed by atoms with Gasteiger partial charge in [0.1, 0.15) is 0 Å². The fourth-order valence-corrected chi connectivity index (χ4v) is 2.74. The van der Waals surface area contributed by atoms with E-state index in [9.17, 15) is 4.79 Å². The zero-order chi connectivity index (χ0) is 13.4. The number of amides is 1. The fourth-order valence-electron chi connectivity index (χ4n) is 2.46. The minimum absolute atomic E-state index is 0.137. The van der Waals surface area contributed by atoms with E-state index in [0.29, 0.717) is 6.42 Å². The van der Waals surface area contributed by atoms with E-state index in [2.05, 4.69) is 0 Å². The first-order valence-electron chi connectivity index (χ1n) is 6.25. The highest BCUT2D eigenvalue weighted by Crippen LogP contribution is 2.34. The van der Waals surface area contributed by atoms with Crippen LogP contribution in [-0.4, -0.2) is 13.0 Å². The highest BCUT2D eigenvalue weighted by atomic mass is 35.5. The smallest absolute Gasteiger partial charge is 0.231 e. The van der Waals surface area contributed by atoms with Crippen molar-refractivity contribution in [3.63, 3.8) is 0 Å². The summed E-state index contributed by atoms with van der Waals surface area (Å²) >= 11 is 6.51. The molecule has 0 bridgehead atoms. The Kier molecular flexibility index (Phi) is 3.03. The molecule has 19 heavy (non-hydrogen) atoms. The van der Waals surface area contributed by atoms with Crippen LogP contribution in [0.5, 0.6) is 0 Å². The van der Waals surface area contributed by atoms with Gasteiger partial charge in [-0.15, -0.1) is 11.6 Å². The summed E-state index contributed by atoms with van der Waals surface area (Å²) in [7, 11) is 1.81. The number of hydrogen-bond acceptors (Lipinski definition) is 1. The molecule has 2 aromatic rings. The van der Waals surface area contributed by atoms with Gasteiger partial charge in [-0.25, -0.2) is 0 Å². The first-order chi connectivity index (χ1) is 9.16. The van der Waals surface area contributed by atoms with Gasteiger partial charge >= 0.3 is 0 Å². The SMILES string of the molecule is CN1C(=O)Cc2cc(C(Cl)c3ccccc3)ccc21. The molecule has 0 saturated carbocycles. The van der Waals surface area contributed by atoms with Gasteiger partial charge in [-0.1, -0.05) is 42.5 Å². The first-order valence-corrected chi connectivity index (χ1v) is 6.69. The lowest BCUT2D eigenvalue weighted by Gasteiger charge is -2.13. The van der Waals surface area contributed by atoms with E-state index in [4.69, 9.17) is 11.6 Å². The van der Waals surface area contributed by atoms with E-state index in [1.54, 1.807) is 4.90 Å². The number of benzene rings is 2. The second kappa shape index (κ2) is 4.71. The Bertz CT molecular complexity index is 624. The van der Waals surface area contributed by atoms with E-state index >= 15 is 0 Å². The molecule has 0 spiro atoms. The fraction of sp³-hybridized carbons (Fsp3) is 0.188. The number of nitrogens with zero attached hydrogens (tertiary/aromatic N) is 1. The lowest BCUT2D eigenvalue weighted by molar-refractivity contribution is -0.117. The molecular formula is C16H14ClNO. The Labute approximate surface area is 117 Å². The minimum Gasteiger partial charge on any atom is -0.315 e. The molecule has 0 saturated heterocycles. The topological polar surface area (TPSA) is 20.3 Å². The lowest BCUT2D eigenvalue weighted by atomic mass is 10.0. The summed E-state index contributed by atoms with van der Waals surface area (Å²) in [6, 6.07) is 16.0. The number of rotatable bonds is 2. The van der Waals surface area contributed by atoms with E-state index in [1.165, 1.54) is 0 Å². The Balaban J connectivity index is 1.96. The third kappa shape index (κ3) is 2.13. The number of carbonyl (C=O) groups is 1. The van der Waals surface area contributed by atoms with Crippen LogP contribution in [0.1, 0.15) is 22.1 Å². The van der Waals surface area contributed by atoms with Crippen LogP contribution in [-0.2, 0) is 11.2 Å². The molecule has 0 fully saturated rings. The largest absolute Gasteiger partial charge is 0.315 e. The lowest BCUT2D eigenvalue weighted by Crippen LogP contribution is -2.20. The molecule has 0 aromatic heterocycles. The van der Waals surface area contributed by atoms with Crippen molar-refractivity contribution in [1.29, 1.82) is 0 Å². The van der Waals surface area contributed by atoms with Gasteiger partial charge in [-0.3, -0.25) is 4.79 Å². The van der Waals surface area contributed by atoms with E-state index < -0.39 is 0 Å². The summed E-state index contributed by atoms with van der Waals surface area (Å²) in [5.41, 5.74) is 4.16. The van der Waals surface area contributed by atoms with Gasteiger partial charge in [0.2, 0.25) is 5.91 Å². The molecule has 1 aliphatic heterocycles. The minimum atomic E-state index is -0.174. The van der Waals surface area contributed by atoms with Crippen molar-refractivity contribution in [2.24, 2.45) is 0 Å². The van der Waals surface area contributed by atoms with Crippen LogP contribution in [0.2, 0.25) is 0 Å². The maximum Gasteiger partial charge on any atom is 0.231 e. The van der Waals surface area contributed by atoms with Gasteiger partial charge in [-0.05, 0) is 22.8 Å². The molecule has 0 N–H and O–H groups in total. The summed E-state index contributed by atoms with van der Waals surface area (Å²) in [5, 5.41) is -0.174. The molecule has 1 heterocycles. The summed E-state index contributed by atoms with van der Waals surface area (Å²) < 4.78 is 0. The number of likely N-dealkylation sites (N-methyl/N-ethyl adjacent to an activating group) is 1. The molecule has 0 aliphatic carbocycles. The van der Waals surface area contributed by atoms with Crippen LogP contribution in [0.25, 0.3) is 0 Å². The van der Waals surface area contributed by atoms with Crippen LogP contribution >= 0.6 is 11.6 Å². The van der Waals surface area contributed by atoms with Gasteiger partial charge in [0, 0.05) is 12.7 Å². The van der Waals surface area contributed by atoms with Gasteiger partial charge in [0.25, 0.3) is 0 Å². The third-order valence-electron chi connectivity index (χ3n) is 3.57. The second-order valence-electron chi connectivity index (χ2n) is 4.79. The van der Waals surface area contributed by atoms with Crippen molar-refractivity contribution in [2.75, 3.05) is 11.9 Å². The molecular weight excluding hydrogens is 258 g/mol. The van der Waals surface area contributed by atoms with E-state index in [-0.39, 0.29) is 11.3 Å². The number of alkyl halides is 1. The second-order valence-corrected chi connectivity index (χ2v) is 5.23. The van der Waals surface area contributed by atoms with Crippen molar-refractivity contribution in [3.8, 4) is 0 Å². The maximum atomic E-state index is 11.7. The quantitative estimate of drug-likeness (QED) is 0.765. The number of halogens is 1. The number of hydrogen-bond donors (Lipinski definition) is 0. The Morgan fingerprint density at radius 2 is 1.84 bits per heavy atom.